The predicted octanol–water partition coefficient (Wildman–Crippen LogP) is -0.554. The van der Waals surface area contributed by atoms with Crippen LogP contribution in [0.15, 0.2) is 9.59 Å². The van der Waals surface area contributed by atoms with Crippen LogP contribution in [0.1, 0.15) is 26.7 Å². The van der Waals surface area contributed by atoms with Crippen LogP contribution in [0.4, 0.5) is 5.82 Å². The number of rotatable bonds is 6. The van der Waals surface area contributed by atoms with Gasteiger partial charge in [0, 0.05) is 12.6 Å². The monoisotopic (exact) mass is 242 g/mol. The number of aromatic amines is 2. The summed E-state index contributed by atoms with van der Waals surface area (Å²) < 4.78 is 0. The molecular formula is C10H18N4O3. The third-order valence-electron chi connectivity index (χ3n) is 2.69. The van der Waals surface area contributed by atoms with E-state index < -0.39 is 11.2 Å². The lowest BCUT2D eigenvalue weighted by atomic mass is 10.1. The Hall–Kier alpha value is -1.63. The highest BCUT2D eigenvalue weighted by Crippen LogP contribution is 2.12. The average molecular weight is 242 g/mol. The molecule has 0 radical (unpaired) electrons. The van der Waals surface area contributed by atoms with Gasteiger partial charge in [-0.2, -0.15) is 0 Å². The number of nitrogens with zero attached hydrogens (tertiary/aromatic N) is 2. The maximum atomic E-state index is 11.6. The molecule has 7 nitrogen and oxygen atoms in total. The van der Waals surface area contributed by atoms with Crippen molar-refractivity contribution >= 4 is 5.82 Å². The highest BCUT2D eigenvalue weighted by Gasteiger charge is 2.19. The molecule has 96 valence electrons. The van der Waals surface area contributed by atoms with Crippen LogP contribution in [0.5, 0.6) is 0 Å². The molecule has 0 atom stereocenters. The lowest BCUT2D eigenvalue weighted by Gasteiger charge is -2.29. The molecule has 7 heteroatoms. The fraction of sp³-hybridized carbons (Fsp3) is 0.700. The van der Waals surface area contributed by atoms with E-state index in [-0.39, 0.29) is 18.5 Å². The molecule has 0 amide bonds. The van der Waals surface area contributed by atoms with Gasteiger partial charge in [-0.25, -0.2) is 9.89 Å². The summed E-state index contributed by atoms with van der Waals surface area (Å²) in [5.74, 6) is 0.146. The van der Waals surface area contributed by atoms with Crippen LogP contribution in [0, 0.1) is 0 Å². The van der Waals surface area contributed by atoms with Gasteiger partial charge in [-0.3, -0.25) is 9.78 Å². The van der Waals surface area contributed by atoms with Crippen molar-refractivity contribution in [2.24, 2.45) is 0 Å². The molecular weight excluding hydrogens is 224 g/mol. The number of aliphatic hydroxyl groups excluding tert-OH is 1. The Labute approximate surface area is 98.5 Å². The van der Waals surface area contributed by atoms with E-state index in [0.29, 0.717) is 6.54 Å². The summed E-state index contributed by atoms with van der Waals surface area (Å²) in [5.41, 5.74) is -1.17. The van der Waals surface area contributed by atoms with Crippen LogP contribution >= 0.6 is 0 Å². The third kappa shape index (κ3) is 3.16. The molecule has 0 fully saturated rings. The van der Waals surface area contributed by atoms with Crippen LogP contribution in [0.2, 0.25) is 0 Å². The first-order chi connectivity index (χ1) is 8.13. The van der Waals surface area contributed by atoms with E-state index in [1.165, 1.54) is 0 Å². The molecule has 0 spiro atoms. The molecule has 0 aliphatic rings. The first-order valence-electron chi connectivity index (χ1n) is 5.70. The second-order valence-electron chi connectivity index (χ2n) is 3.72. The molecule has 1 aromatic rings. The van der Waals surface area contributed by atoms with Crippen molar-refractivity contribution in [1.29, 1.82) is 0 Å². The van der Waals surface area contributed by atoms with E-state index in [2.05, 4.69) is 15.2 Å². The Bertz CT molecular complexity index is 449. The predicted molar refractivity (Wildman–Crippen MR) is 64.3 cm³/mol. The minimum atomic E-state index is -0.632. The van der Waals surface area contributed by atoms with Gasteiger partial charge in [0.25, 0.3) is 5.56 Å². The van der Waals surface area contributed by atoms with Gasteiger partial charge in [-0.1, -0.05) is 13.8 Å². The SMILES string of the molecule is CCC(CC)N(CCO)c1n[nH]c(=O)[nH]c1=O. The Morgan fingerprint density at radius 1 is 1.35 bits per heavy atom. The average Bonchev–Trinajstić information content (AvgIpc) is 2.30. The summed E-state index contributed by atoms with van der Waals surface area (Å²) in [6, 6.07) is 0.113. The largest absolute Gasteiger partial charge is 0.395 e. The standard InChI is InChI=1S/C10H18N4O3/c1-3-7(4-2)14(5-6-15)8-9(16)11-10(17)13-12-8/h7,15H,3-6H2,1-2H3,(H2,11,13,16,17). The Morgan fingerprint density at radius 2 is 2.00 bits per heavy atom. The summed E-state index contributed by atoms with van der Waals surface area (Å²) in [6.45, 7) is 4.24. The number of H-pyrrole nitrogens is 2. The topological polar surface area (TPSA) is 102 Å². The van der Waals surface area contributed by atoms with Crippen molar-refractivity contribution < 1.29 is 5.11 Å². The maximum absolute atomic E-state index is 11.6. The molecule has 1 heterocycles. The van der Waals surface area contributed by atoms with E-state index >= 15 is 0 Å². The van der Waals surface area contributed by atoms with E-state index in [9.17, 15) is 9.59 Å². The van der Waals surface area contributed by atoms with Gasteiger partial charge >= 0.3 is 5.69 Å². The van der Waals surface area contributed by atoms with Crippen molar-refractivity contribution in [3.8, 4) is 0 Å². The summed E-state index contributed by atoms with van der Waals surface area (Å²) in [4.78, 5) is 26.4. The Balaban J connectivity index is 3.12. The summed E-state index contributed by atoms with van der Waals surface area (Å²) >= 11 is 0. The van der Waals surface area contributed by atoms with Crippen molar-refractivity contribution in [3.05, 3.63) is 20.8 Å². The quantitative estimate of drug-likeness (QED) is 0.621. The number of aromatic nitrogens is 3. The first kappa shape index (κ1) is 13.4. The molecule has 0 saturated heterocycles. The smallest absolute Gasteiger partial charge is 0.342 e. The molecule has 0 aromatic carbocycles. The molecule has 0 bridgehead atoms. The highest BCUT2D eigenvalue weighted by atomic mass is 16.3. The zero-order valence-corrected chi connectivity index (χ0v) is 10.1. The van der Waals surface area contributed by atoms with Gasteiger partial charge in [0.1, 0.15) is 0 Å². The second-order valence-corrected chi connectivity index (χ2v) is 3.72. The van der Waals surface area contributed by atoms with Crippen LogP contribution in [0.25, 0.3) is 0 Å². The van der Waals surface area contributed by atoms with Gasteiger partial charge in [-0.15, -0.1) is 5.10 Å². The van der Waals surface area contributed by atoms with Gasteiger partial charge in [0.05, 0.1) is 6.61 Å². The Kier molecular flexibility index (Phi) is 4.89. The van der Waals surface area contributed by atoms with E-state index in [4.69, 9.17) is 5.11 Å². The molecule has 0 saturated carbocycles. The van der Waals surface area contributed by atoms with Gasteiger partial charge in [0.15, 0.2) is 0 Å². The van der Waals surface area contributed by atoms with Crippen LogP contribution in [-0.4, -0.2) is 39.5 Å². The molecule has 0 aliphatic heterocycles. The second kappa shape index (κ2) is 6.19. The van der Waals surface area contributed by atoms with Crippen molar-refractivity contribution in [2.45, 2.75) is 32.7 Å². The summed E-state index contributed by atoms with van der Waals surface area (Å²) in [6.07, 6.45) is 1.66. The van der Waals surface area contributed by atoms with Crippen molar-refractivity contribution in [2.75, 3.05) is 18.1 Å². The van der Waals surface area contributed by atoms with E-state index in [1.807, 2.05) is 13.8 Å². The van der Waals surface area contributed by atoms with Crippen LogP contribution in [0.3, 0.4) is 0 Å². The van der Waals surface area contributed by atoms with Gasteiger partial charge in [0.2, 0.25) is 5.82 Å². The van der Waals surface area contributed by atoms with E-state index in [0.717, 1.165) is 12.8 Å². The zero-order valence-electron chi connectivity index (χ0n) is 10.1. The maximum Gasteiger partial charge on any atom is 0.342 e. The normalized spacial score (nSPS) is 10.8. The van der Waals surface area contributed by atoms with Gasteiger partial charge in [-0.05, 0) is 12.8 Å². The Morgan fingerprint density at radius 3 is 2.47 bits per heavy atom. The fourth-order valence-corrected chi connectivity index (χ4v) is 1.83. The van der Waals surface area contributed by atoms with Crippen molar-refractivity contribution in [3.63, 3.8) is 0 Å². The fourth-order valence-electron chi connectivity index (χ4n) is 1.83. The molecule has 0 unspecified atom stereocenters. The minimum absolute atomic E-state index is 0.0727. The first-order valence-corrected chi connectivity index (χ1v) is 5.70. The lowest BCUT2D eigenvalue weighted by molar-refractivity contribution is 0.295. The minimum Gasteiger partial charge on any atom is -0.395 e. The zero-order chi connectivity index (χ0) is 12.8. The highest BCUT2D eigenvalue weighted by molar-refractivity contribution is 5.35. The molecule has 3 N–H and O–H groups in total. The number of aliphatic hydroxyl groups is 1. The molecule has 17 heavy (non-hydrogen) atoms. The van der Waals surface area contributed by atoms with Crippen LogP contribution < -0.4 is 16.1 Å². The molecule has 1 rings (SSSR count). The molecule has 1 aromatic heterocycles. The summed E-state index contributed by atoms with van der Waals surface area (Å²) in [5, 5.41) is 15.0. The summed E-state index contributed by atoms with van der Waals surface area (Å²) in [7, 11) is 0. The van der Waals surface area contributed by atoms with Crippen molar-refractivity contribution in [1.82, 2.24) is 15.2 Å². The number of anilines is 1. The van der Waals surface area contributed by atoms with Gasteiger partial charge < -0.3 is 10.0 Å². The van der Waals surface area contributed by atoms with E-state index in [1.54, 1.807) is 4.90 Å². The number of nitrogens with one attached hydrogen (secondary N) is 2. The number of hydrogen-bond donors (Lipinski definition) is 3. The number of hydrogen-bond acceptors (Lipinski definition) is 5. The molecule has 0 aliphatic carbocycles. The lowest BCUT2D eigenvalue weighted by Crippen LogP contribution is -2.42. The van der Waals surface area contributed by atoms with Crippen LogP contribution in [-0.2, 0) is 0 Å². The third-order valence-corrected chi connectivity index (χ3v) is 2.69.